The highest BCUT2D eigenvalue weighted by Gasteiger charge is 2.20. The summed E-state index contributed by atoms with van der Waals surface area (Å²) in [5.41, 5.74) is 0.874. The summed E-state index contributed by atoms with van der Waals surface area (Å²) in [4.78, 5) is 11.7. The van der Waals surface area contributed by atoms with Crippen molar-refractivity contribution in [1.29, 1.82) is 0 Å². The Hall–Kier alpha value is -1.26. The van der Waals surface area contributed by atoms with Gasteiger partial charge in [0.15, 0.2) is 17.3 Å². The number of aromatic hydroxyl groups is 1. The van der Waals surface area contributed by atoms with Gasteiger partial charge in [-0.3, -0.25) is 4.79 Å². The number of methoxy groups -OCH3 is 1. The van der Waals surface area contributed by atoms with Crippen molar-refractivity contribution < 1.29 is 14.6 Å². The molecule has 0 aliphatic carbocycles. The Morgan fingerprint density at radius 3 is 2.75 bits per heavy atom. The molecule has 2 N–H and O–H groups in total. The minimum Gasteiger partial charge on any atom is -0.504 e. The molecule has 16 heavy (non-hydrogen) atoms. The van der Waals surface area contributed by atoms with Gasteiger partial charge in [-0.25, -0.2) is 0 Å². The van der Waals surface area contributed by atoms with Crippen molar-refractivity contribution in [1.82, 2.24) is 5.32 Å². The highest BCUT2D eigenvalue weighted by molar-refractivity contribution is 6.32. The van der Waals surface area contributed by atoms with E-state index in [1.54, 1.807) is 20.0 Å². The molecule has 5 heteroatoms. The molecule has 0 aliphatic rings. The zero-order chi connectivity index (χ0) is 12.3. The van der Waals surface area contributed by atoms with Crippen molar-refractivity contribution in [2.75, 3.05) is 20.7 Å². The van der Waals surface area contributed by atoms with Crippen LogP contribution in [-0.4, -0.2) is 31.6 Å². The summed E-state index contributed by atoms with van der Waals surface area (Å²) in [5.74, 6) is -0.271. The van der Waals surface area contributed by atoms with E-state index in [1.165, 1.54) is 7.11 Å². The fraction of sp³-hybridized carbons (Fsp3) is 0.364. The smallest absolute Gasteiger partial charge is 0.180 e. The normalized spacial score (nSPS) is 10.2. The van der Waals surface area contributed by atoms with Gasteiger partial charge in [-0.1, -0.05) is 11.6 Å². The number of halogens is 1. The van der Waals surface area contributed by atoms with Gasteiger partial charge in [0.2, 0.25) is 0 Å². The third-order valence-corrected chi connectivity index (χ3v) is 2.51. The number of carbonyl (C=O) groups is 1. The predicted octanol–water partition coefficient (Wildman–Crippen LogP) is 1.76. The molecule has 0 aliphatic heterocycles. The molecular formula is C11H14ClNO3. The third kappa shape index (κ3) is 2.28. The highest BCUT2D eigenvalue weighted by atomic mass is 35.5. The lowest BCUT2D eigenvalue weighted by molar-refractivity contribution is 0.0990. The van der Waals surface area contributed by atoms with Gasteiger partial charge in [0.25, 0.3) is 0 Å². The van der Waals surface area contributed by atoms with Crippen molar-refractivity contribution >= 4 is 17.4 Å². The first-order valence-corrected chi connectivity index (χ1v) is 5.14. The summed E-state index contributed by atoms with van der Waals surface area (Å²) >= 11 is 5.88. The van der Waals surface area contributed by atoms with Crippen LogP contribution in [0.25, 0.3) is 0 Å². The zero-order valence-corrected chi connectivity index (χ0v) is 10.2. The fourth-order valence-electron chi connectivity index (χ4n) is 1.54. The maximum Gasteiger partial charge on any atom is 0.180 e. The van der Waals surface area contributed by atoms with Gasteiger partial charge in [-0.2, -0.15) is 0 Å². The van der Waals surface area contributed by atoms with E-state index in [2.05, 4.69) is 5.32 Å². The quantitative estimate of drug-likeness (QED) is 0.792. The molecular weight excluding hydrogens is 230 g/mol. The maximum atomic E-state index is 11.7. The van der Waals surface area contributed by atoms with Gasteiger partial charge in [0.1, 0.15) is 0 Å². The average Bonchev–Trinajstić information content (AvgIpc) is 2.17. The van der Waals surface area contributed by atoms with Gasteiger partial charge >= 0.3 is 0 Å². The molecule has 0 amide bonds. The van der Waals surface area contributed by atoms with Crippen molar-refractivity contribution in [3.8, 4) is 11.5 Å². The van der Waals surface area contributed by atoms with E-state index < -0.39 is 0 Å². The van der Waals surface area contributed by atoms with E-state index in [0.29, 0.717) is 10.6 Å². The number of ether oxygens (including phenoxy) is 1. The van der Waals surface area contributed by atoms with E-state index in [1.807, 2.05) is 0 Å². The first-order valence-electron chi connectivity index (χ1n) is 4.76. The maximum absolute atomic E-state index is 11.7. The standard InChI is InChI=1S/C11H14ClNO3/c1-6-4-7(12)11(16-3)10(15)9(6)8(14)5-13-2/h4,13,15H,5H2,1-3H3. The number of hydrogen-bond acceptors (Lipinski definition) is 4. The summed E-state index contributed by atoms with van der Waals surface area (Å²) in [7, 11) is 3.06. The number of rotatable bonds is 4. The molecule has 88 valence electrons. The Kier molecular flexibility index (Phi) is 4.15. The van der Waals surface area contributed by atoms with Gasteiger partial charge in [0.05, 0.1) is 24.2 Å². The number of phenols is 1. The number of phenolic OH excluding ortho intramolecular Hbond substituents is 1. The first kappa shape index (κ1) is 12.8. The van der Waals surface area contributed by atoms with Crippen molar-refractivity contribution in [3.63, 3.8) is 0 Å². The molecule has 0 spiro atoms. The molecule has 1 rings (SSSR count). The molecule has 0 aromatic heterocycles. The van der Waals surface area contributed by atoms with Crippen LogP contribution in [0, 0.1) is 6.92 Å². The molecule has 4 nitrogen and oxygen atoms in total. The van der Waals surface area contributed by atoms with Crippen LogP contribution in [0.2, 0.25) is 5.02 Å². The van der Waals surface area contributed by atoms with Gasteiger partial charge in [-0.15, -0.1) is 0 Å². The molecule has 1 aromatic carbocycles. The number of hydrogen-bond donors (Lipinski definition) is 2. The van der Waals surface area contributed by atoms with Crippen LogP contribution in [0.3, 0.4) is 0 Å². The van der Waals surface area contributed by atoms with E-state index in [-0.39, 0.29) is 29.4 Å². The molecule has 0 radical (unpaired) electrons. The van der Waals surface area contributed by atoms with Gasteiger partial charge in [-0.05, 0) is 25.6 Å². The second-order valence-corrected chi connectivity index (χ2v) is 3.79. The number of nitrogens with one attached hydrogen (secondary N) is 1. The summed E-state index contributed by atoms with van der Waals surface area (Å²) in [6.45, 7) is 1.87. The van der Waals surface area contributed by atoms with Crippen LogP contribution in [0.1, 0.15) is 15.9 Å². The van der Waals surface area contributed by atoms with Crippen molar-refractivity contribution in [2.45, 2.75) is 6.92 Å². The zero-order valence-electron chi connectivity index (χ0n) is 9.43. The van der Waals surface area contributed by atoms with E-state index in [4.69, 9.17) is 16.3 Å². The van der Waals surface area contributed by atoms with Gasteiger partial charge in [0, 0.05) is 0 Å². The lowest BCUT2D eigenvalue weighted by Gasteiger charge is -2.12. The third-order valence-electron chi connectivity index (χ3n) is 2.23. The largest absolute Gasteiger partial charge is 0.504 e. The Balaban J connectivity index is 3.33. The minimum absolute atomic E-state index is 0.131. The van der Waals surface area contributed by atoms with E-state index in [9.17, 15) is 9.90 Å². The van der Waals surface area contributed by atoms with E-state index >= 15 is 0 Å². The monoisotopic (exact) mass is 243 g/mol. The van der Waals surface area contributed by atoms with Crippen LogP contribution in [0.15, 0.2) is 6.07 Å². The molecule has 0 heterocycles. The fourth-order valence-corrected chi connectivity index (χ4v) is 1.87. The SMILES string of the molecule is CNCC(=O)c1c(C)cc(Cl)c(OC)c1O. The Labute approximate surface area is 99.2 Å². The summed E-state index contributed by atoms with van der Waals surface area (Å²) in [6, 6.07) is 1.60. The van der Waals surface area contributed by atoms with Crippen LogP contribution in [0.5, 0.6) is 11.5 Å². The molecule has 0 saturated carbocycles. The molecule has 1 aromatic rings. The number of likely N-dealkylation sites (N-methyl/N-ethyl adjacent to an activating group) is 1. The molecule has 0 bridgehead atoms. The summed E-state index contributed by atoms with van der Waals surface area (Å²) < 4.78 is 4.95. The molecule has 0 fully saturated rings. The Morgan fingerprint density at radius 1 is 1.62 bits per heavy atom. The second kappa shape index (κ2) is 5.18. The molecule has 0 atom stereocenters. The number of benzene rings is 1. The van der Waals surface area contributed by atoms with Crippen LogP contribution >= 0.6 is 11.6 Å². The van der Waals surface area contributed by atoms with Crippen LogP contribution < -0.4 is 10.1 Å². The first-order chi connectivity index (χ1) is 7.52. The number of ketones is 1. The lowest BCUT2D eigenvalue weighted by atomic mass is 10.0. The second-order valence-electron chi connectivity index (χ2n) is 3.39. The number of Topliss-reactive ketones (excluding diaryl/α,β-unsaturated/α-hetero) is 1. The van der Waals surface area contributed by atoms with E-state index in [0.717, 1.165) is 0 Å². The molecule has 0 unspecified atom stereocenters. The van der Waals surface area contributed by atoms with Crippen LogP contribution in [-0.2, 0) is 0 Å². The topological polar surface area (TPSA) is 58.6 Å². The minimum atomic E-state index is -0.201. The van der Waals surface area contributed by atoms with Crippen molar-refractivity contribution in [3.05, 3.63) is 22.2 Å². The van der Waals surface area contributed by atoms with Crippen molar-refractivity contribution in [2.24, 2.45) is 0 Å². The summed E-state index contributed by atoms with van der Waals surface area (Å²) in [6.07, 6.45) is 0. The number of carbonyl (C=O) groups excluding carboxylic acids is 1. The Bertz CT molecular complexity index is 418. The molecule has 0 saturated heterocycles. The summed E-state index contributed by atoms with van der Waals surface area (Å²) in [5, 5.41) is 12.9. The average molecular weight is 244 g/mol. The Morgan fingerprint density at radius 2 is 2.25 bits per heavy atom. The number of aryl methyl sites for hydroxylation is 1. The lowest BCUT2D eigenvalue weighted by Crippen LogP contribution is -2.19. The highest BCUT2D eigenvalue weighted by Crippen LogP contribution is 2.39. The van der Waals surface area contributed by atoms with Crippen LogP contribution in [0.4, 0.5) is 0 Å². The van der Waals surface area contributed by atoms with Gasteiger partial charge < -0.3 is 15.2 Å². The predicted molar refractivity (Wildman–Crippen MR) is 62.7 cm³/mol.